The van der Waals surface area contributed by atoms with Crippen molar-refractivity contribution in [2.75, 3.05) is 26.2 Å². The average Bonchev–Trinajstić information content (AvgIpc) is 3.58. The predicted octanol–water partition coefficient (Wildman–Crippen LogP) is 7.31. The Morgan fingerprint density at radius 1 is 0.983 bits per heavy atom. The number of carbonyl (C=O) groups excluding carboxylic acids is 4. The van der Waals surface area contributed by atoms with Gasteiger partial charge in [-0.3, -0.25) is 34.3 Å². The maximum atomic E-state index is 15.3. The van der Waals surface area contributed by atoms with Crippen LogP contribution in [0.1, 0.15) is 55.2 Å². The van der Waals surface area contributed by atoms with Crippen LogP contribution in [-0.4, -0.2) is 75.5 Å². The lowest BCUT2D eigenvalue weighted by Crippen LogP contribution is -2.54. The van der Waals surface area contributed by atoms with E-state index in [1.807, 2.05) is 6.08 Å². The zero-order valence-corrected chi connectivity index (χ0v) is 33.7. The van der Waals surface area contributed by atoms with Crippen molar-refractivity contribution < 1.29 is 56.8 Å². The number of aliphatic carboxylic acids is 1. The van der Waals surface area contributed by atoms with E-state index in [1.54, 1.807) is 36.4 Å². The Bertz CT molecular complexity index is 2300. The van der Waals surface area contributed by atoms with E-state index in [2.05, 4.69) is 10.4 Å². The quantitative estimate of drug-likeness (QED) is 0.0893. The van der Waals surface area contributed by atoms with Gasteiger partial charge in [0.25, 0.3) is 11.8 Å². The molecular formula is C42H39Cl2F3N4O9. The second kappa shape index (κ2) is 16.4. The first-order valence-corrected chi connectivity index (χ1v) is 19.8. The lowest BCUT2D eigenvalue weighted by Gasteiger charge is -2.49. The molecule has 2 saturated heterocycles. The number of fused-ring (bicyclic) bond motifs is 4. The lowest BCUT2D eigenvalue weighted by molar-refractivity contribution is -0.141. The number of phenolic OH excluding ortho intramolecular Hbond substituents is 1. The molecule has 3 fully saturated rings. The van der Waals surface area contributed by atoms with Crippen molar-refractivity contribution in [2.24, 2.45) is 29.6 Å². The van der Waals surface area contributed by atoms with Crippen LogP contribution in [0.15, 0.2) is 66.4 Å². The Morgan fingerprint density at radius 2 is 1.67 bits per heavy atom. The van der Waals surface area contributed by atoms with Crippen molar-refractivity contribution >= 4 is 64.7 Å². The molecule has 6 unspecified atom stereocenters. The number of pyridine rings is 1. The summed E-state index contributed by atoms with van der Waals surface area (Å²) in [6.07, 6.45) is 2.26. The van der Waals surface area contributed by atoms with Crippen molar-refractivity contribution in [3.05, 3.63) is 93.1 Å². The van der Waals surface area contributed by atoms with Gasteiger partial charge in [-0.25, -0.2) is 4.98 Å². The summed E-state index contributed by atoms with van der Waals surface area (Å²) >= 11 is 12.6. The maximum absolute atomic E-state index is 15.3. The fourth-order valence-electron chi connectivity index (χ4n) is 9.25. The Hall–Kier alpha value is -5.61. The van der Waals surface area contributed by atoms with Gasteiger partial charge in [0.2, 0.25) is 17.6 Å². The molecule has 3 aromatic rings. The highest BCUT2D eigenvalue weighted by molar-refractivity contribution is 6.33. The van der Waals surface area contributed by atoms with E-state index >= 15 is 4.79 Å². The molecule has 6 atom stereocenters. The first kappa shape index (κ1) is 42.5. The van der Waals surface area contributed by atoms with Gasteiger partial charge in [-0.2, -0.15) is 18.2 Å². The van der Waals surface area contributed by atoms with E-state index in [9.17, 15) is 37.5 Å². The number of hydrogen-bond acceptors (Lipinski definition) is 10. The topological polar surface area (TPSA) is 176 Å². The van der Waals surface area contributed by atoms with E-state index in [4.69, 9.17) is 37.8 Å². The highest BCUT2D eigenvalue weighted by atomic mass is 35.5. The third-order valence-corrected chi connectivity index (χ3v) is 12.5. The molecule has 2 aromatic carbocycles. The van der Waals surface area contributed by atoms with Gasteiger partial charge in [0.05, 0.1) is 48.0 Å². The van der Waals surface area contributed by atoms with Crippen LogP contribution in [0.3, 0.4) is 0 Å². The zero-order valence-electron chi connectivity index (χ0n) is 32.2. The minimum atomic E-state index is -4.77. The standard InChI is InChI=1S/C42H39Cl2F3N4O9/c1-59-31-16-21(17-32(60-2)35(31)54)7-14-28-25-12-13-26-34(39(57)50(37(26)55)15-5-3-4-6-33(52)53)27(25)19-29-38(56)51(40(58)41(28,29)22-8-10-24(43)11-9-22)49-36-30(44)18-23(20-48-36)42(45,46)47/h7-12,14,16-18,20,26-29,34,54H,3-6,13,15,19H2,1-2H3,(H,48,49)(H,52,53). The molecule has 3 N–H and O–H groups in total. The number of carbonyl (C=O) groups is 5. The number of carboxylic acid groups (broad SMARTS) is 1. The molecular weight excluding hydrogens is 832 g/mol. The third kappa shape index (κ3) is 7.33. The number of benzene rings is 2. The van der Waals surface area contributed by atoms with Crippen LogP contribution in [0.5, 0.6) is 17.2 Å². The van der Waals surface area contributed by atoms with Crippen LogP contribution < -0.4 is 14.9 Å². The Kier molecular flexibility index (Phi) is 11.7. The molecule has 7 rings (SSSR count). The molecule has 3 heterocycles. The molecule has 60 heavy (non-hydrogen) atoms. The Morgan fingerprint density at radius 3 is 2.28 bits per heavy atom. The fraction of sp³-hybridized carbons (Fsp3) is 0.381. The van der Waals surface area contributed by atoms with Gasteiger partial charge in [0, 0.05) is 30.1 Å². The van der Waals surface area contributed by atoms with E-state index in [-0.39, 0.29) is 54.8 Å². The second-order valence-electron chi connectivity index (χ2n) is 15.1. The number of ether oxygens (including phenoxy) is 2. The number of rotatable bonds is 13. The summed E-state index contributed by atoms with van der Waals surface area (Å²) in [5.74, 6) is -8.32. The number of likely N-dealkylation sites (tertiary alicyclic amines) is 1. The van der Waals surface area contributed by atoms with Gasteiger partial charge in [-0.1, -0.05) is 65.6 Å². The molecule has 1 saturated carbocycles. The smallest absolute Gasteiger partial charge is 0.417 e. The molecule has 316 valence electrons. The molecule has 0 spiro atoms. The molecule has 4 aliphatic rings. The lowest BCUT2D eigenvalue weighted by atomic mass is 9.50. The number of nitrogens with one attached hydrogen (secondary N) is 1. The van der Waals surface area contributed by atoms with Crippen LogP contribution in [0.25, 0.3) is 6.08 Å². The molecule has 0 bridgehead atoms. The second-order valence-corrected chi connectivity index (χ2v) is 16.0. The Labute approximate surface area is 351 Å². The number of aromatic nitrogens is 1. The van der Waals surface area contributed by atoms with Crippen molar-refractivity contribution in [3.63, 3.8) is 0 Å². The number of carboxylic acids is 1. The highest BCUT2D eigenvalue weighted by Crippen LogP contribution is 2.61. The minimum Gasteiger partial charge on any atom is -0.502 e. The number of nitrogens with zero attached hydrogens (tertiary/aromatic N) is 3. The number of aromatic hydroxyl groups is 1. The number of phenols is 1. The number of imide groups is 2. The number of hydrogen-bond donors (Lipinski definition) is 3. The van der Waals surface area contributed by atoms with Gasteiger partial charge < -0.3 is 19.7 Å². The molecule has 2 aliphatic carbocycles. The summed E-state index contributed by atoms with van der Waals surface area (Å²) in [5.41, 5.74) is 1.16. The number of hydrazine groups is 1. The third-order valence-electron chi connectivity index (χ3n) is 12.0. The van der Waals surface area contributed by atoms with E-state index in [1.165, 1.54) is 31.3 Å². The summed E-state index contributed by atoms with van der Waals surface area (Å²) in [4.78, 5) is 74.4. The van der Waals surface area contributed by atoms with Gasteiger partial charge >= 0.3 is 12.1 Å². The SMILES string of the molecule is COc1cc(C=CC2C3=CCC4C(=O)N(CCCCCC(=O)O)C(=O)C4C3CC3C(=O)N(Nc4ncc(C(F)(F)F)cc4Cl)C(=O)C23c2ccc(Cl)cc2)cc(OC)c1O. The Balaban J connectivity index is 1.36. The van der Waals surface area contributed by atoms with Crippen LogP contribution in [0.4, 0.5) is 19.0 Å². The van der Waals surface area contributed by atoms with Crippen LogP contribution in [-0.2, 0) is 35.6 Å². The molecule has 18 heteroatoms. The summed E-state index contributed by atoms with van der Waals surface area (Å²) in [7, 11) is 2.72. The van der Waals surface area contributed by atoms with Crippen LogP contribution in [0.2, 0.25) is 10.0 Å². The number of amides is 4. The van der Waals surface area contributed by atoms with Gasteiger partial charge in [0.1, 0.15) is 0 Å². The first-order valence-electron chi connectivity index (χ1n) is 19.1. The monoisotopic (exact) mass is 870 g/mol. The minimum absolute atomic E-state index is 0.0440. The van der Waals surface area contributed by atoms with Gasteiger partial charge in [-0.05, 0) is 73.1 Å². The van der Waals surface area contributed by atoms with Crippen LogP contribution >= 0.6 is 23.2 Å². The summed E-state index contributed by atoms with van der Waals surface area (Å²) < 4.78 is 51.3. The van der Waals surface area contributed by atoms with Gasteiger partial charge in [0.15, 0.2) is 17.3 Å². The van der Waals surface area contributed by atoms with E-state index in [0.29, 0.717) is 58.3 Å². The largest absolute Gasteiger partial charge is 0.502 e. The highest BCUT2D eigenvalue weighted by Gasteiger charge is 2.69. The normalized spacial score (nSPS) is 25.0. The number of allylic oxidation sites excluding steroid dienone is 3. The summed E-state index contributed by atoms with van der Waals surface area (Å²) in [5, 5.41) is 20.2. The summed E-state index contributed by atoms with van der Waals surface area (Å²) in [6.45, 7) is 0.0916. The summed E-state index contributed by atoms with van der Waals surface area (Å²) in [6, 6.07) is 10.0. The maximum Gasteiger partial charge on any atom is 0.417 e. The molecule has 1 aromatic heterocycles. The number of methoxy groups -OCH3 is 2. The zero-order chi connectivity index (χ0) is 43.3. The number of anilines is 1. The molecule has 0 radical (unpaired) electrons. The number of halogens is 5. The number of unbranched alkanes of at least 4 members (excludes halogenated alkanes) is 2. The van der Waals surface area contributed by atoms with Crippen molar-refractivity contribution in [1.82, 2.24) is 14.9 Å². The average molecular weight is 872 g/mol. The van der Waals surface area contributed by atoms with Crippen molar-refractivity contribution in [3.8, 4) is 17.2 Å². The predicted molar refractivity (Wildman–Crippen MR) is 211 cm³/mol. The van der Waals surface area contributed by atoms with E-state index in [0.717, 1.165) is 0 Å². The van der Waals surface area contributed by atoms with E-state index < -0.39 is 75.5 Å². The van der Waals surface area contributed by atoms with Crippen molar-refractivity contribution in [1.29, 1.82) is 0 Å². The fourth-order valence-corrected chi connectivity index (χ4v) is 9.59. The van der Waals surface area contributed by atoms with Crippen LogP contribution in [0, 0.1) is 29.6 Å². The molecule has 13 nitrogen and oxygen atoms in total. The first-order chi connectivity index (χ1) is 28.5. The van der Waals surface area contributed by atoms with Crippen molar-refractivity contribution in [2.45, 2.75) is 50.1 Å². The number of alkyl halides is 3. The molecule has 2 aliphatic heterocycles. The molecule has 4 amide bonds. The van der Waals surface area contributed by atoms with Gasteiger partial charge in [-0.15, -0.1) is 0 Å².